The molecule has 0 aromatic heterocycles. The van der Waals surface area contributed by atoms with Crippen LogP contribution in [-0.4, -0.2) is 11.5 Å². The molecule has 4 nitrogen and oxygen atoms in total. The smallest absolute Gasteiger partial charge is 0.274 e. The van der Waals surface area contributed by atoms with Gasteiger partial charge in [0.05, 0.1) is 4.92 Å². The number of rotatable bonds is 6. The van der Waals surface area contributed by atoms with E-state index in [0.717, 1.165) is 12.0 Å². The molecule has 0 saturated heterocycles. The zero-order valence-electron chi connectivity index (χ0n) is 11.8. The molecule has 1 atom stereocenters. The van der Waals surface area contributed by atoms with Crippen molar-refractivity contribution >= 4 is 5.69 Å². The van der Waals surface area contributed by atoms with Crippen LogP contribution < -0.4 is 5.32 Å². The summed E-state index contributed by atoms with van der Waals surface area (Å²) in [7, 11) is 0. The molecule has 2 aromatic carbocycles. The van der Waals surface area contributed by atoms with E-state index in [-0.39, 0.29) is 22.5 Å². The van der Waals surface area contributed by atoms with Gasteiger partial charge >= 0.3 is 0 Å². The van der Waals surface area contributed by atoms with Crippen molar-refractivity contribution in [2.75, 3.05) is 6.54 Å². The maximum atomic E-state index is 12.8. The highest BCUT2D eigenvalue weighted by molar-refractivity contribution is 5.41. The highest BCUT2D eigenvalue weighted by atomic mass is 19.1. The molecular formula is C16H17FN2O2. The van der Waals surface area contributed by atoms with Crippen molar-refractivity contribution in [3.63, 3.8) is 0 Å². The Morgan fingerprint density at radius 1 is 1.19 bits per heavy atom. The van der Waals surface area contributed by atoms with E-state index in [9.17, 15) is 14.5 Å². The van der Waals surface area contributed by atoms with Crippen molar-refractivity contribution in [2.45, 2.75) is 19.4 Å². The van der Waals surface area contributed by atoms with Crippen molar-refractivity contribution in [2.24, 2.45) is 0 Å². The van der Waals surface area contributed by atoms with Crippen LogP contribution in [0.2, 0.25) is 0 Å². The lowest BCUT2D eigenvalue weighted by Crippen LogP contribution is -2.22. The standard InChI is InChI=1S/C16H17FN2O2/c1-12(15-4-2-3-5-16(15)19(20)21)18-11-10-13-6-8-14(17)9-7-13/h2-9,12,18H,10-11H2,1H3. The number of nitrogens with zero attached hydrogens (tertiary/aromatic N) is 1. The van der Waals surface area contributed by atoms with Crippen molar-refractivity contribution in [3.8, 4) is 0 Å². The maximum absolute atomic E-state index is 12.8. The fourth-order valence-corrected chi connectivity index (χ4v) is 2.21. The van der Waals surface area contributed by atoms with E-state index < -0.39 is 0 Å². The molecule has 0 spiro atoms. The number of para-hydroxylation sites is 1. The minimum absolute atomic E-state index is 0.118. The van der Waals surface area contributed by atoms with Gasteiger partial charge in [0.1, 0.15) is 5.82 Å². The third-order valence-electron chi connectivity index (χ3n) is 3.38. The van der Waals surface area contributed by atoms with E-state index in [4.69, 9.17) is 0 Å². The van der Waals surface area contributed by atoms with Gasteiger partial charge in [0.25, 0.3) is 5.69 Å². The van der Waals surface area contributed by atoms with E-state index in [1.54, 1.807) is 30.3 Å². The first-order valence-electron chi connectivity index (χ1n) is 6.79. The molecule has 2 aromatic rings. The Labute approximate surface area is 122 Å². The molecule has 21 heavy (non-hydrogen) atoms. The normalized spacial score (nSPS) is 12.1. The summed E-state index contributed by atoms with van der Waals surface area (Å²) in [6.45, 7) is 2.56. The van der Waals surface area contributed by atoms with Crippen LogP contribution in [0.15, 0.2) is 48.5 Å². The number of nitro benzene ring substituents is 1. The summed E-state index contributed by atoms with van der Waals surface area (Å²) in [4.78, 5) is 10.6. The quantitative estimate of drug-likeness (QED) is 0.652. The van der Waals surface area contributed by atoms with Crippen LogP contribution in [-0.2, 0) is 6.42 Å². The predicted octanol–water partition coefficient (Wildman–Crippen LogP) is 3.63. The van der Waals surface area contributed by atoms with Crippen molar-refractivity contribution in [3.05, 3.63) is 75.6 Å². The first kappa shape index (κ1) is 15.1. The maximum Gasteiger partial charge on any atom is 0.274 e. The molecule has 1 unspecified atom stereocenters. The monoisotopic (exact) mass is 288 g/mol. The van der Waals surface area contributed by atoms with Gasteiger partial charge < -0.3 is 5.32 Å². The third kappa shape index (κ3) is 4.10. The zero-order chi connectivity index (χ0) is 15.2. The van der Waals surface area contributed by atoms with Gasteiger partial charge in [-0.3, -0.25) is 10.1 Å². The summed E-state index contributed by atoms with van der Waals surface area (Å²) in [6, 6.07) is 12.9. The Kier molecular flexibility index (Phi) is 5.00. The first-order chi connectivity index (χ1) is 10.1. The van der Waals surface area contributed by atoms with Crippen LogP contribution in [0.5, 0.6) is 0 Å². The molecule has 1 N–H and O–H groups in total. The van der Waals surface area contributed by atoms with Gasteiger partial charge in [-0.2, -0.15) is 0 Å². The SMILES string of the molecule is CC(NCCc1ccc(F)cc1)c1ccccc1[N+](=O)[O-]. The summed E-state index contributed by atoms with van der Waals surface area (Å²) in [5.74, 6) is -0.250. The molecule has 0 amide bonds. The van der Waals surface area contributed by atoms with Crippen molar-refractivity contribution in [1.82, 2.24) is 5.32 Å². The fraction of sp³-hybridized carbons (Fsp3) is 0.250. The highest BCUT2D eigenvalue weighted by Gasteiger charge is 2.17. The van der Waals surface area contributed by atoms with Crippen LogP contribution >= 0.6 is 0 Å². The molecular weight excluding hydrogens is 271 g/mol. The summed E-state index contributed by atoms with van der Waals surface area (Å²) in [5.41, 5.74) is 1.82. The van der Waals surface area contributed by atoms with E-state index in [2.05, 4.69) is 5.32 Å². The molecule has 0 fully saturated rings. The van der Waals surface area contributed by atoms with Crippen LogP contribution in [0.4, 0.5) is 10.1 Å². The van der Waals surface area contributed by atoms with Crippen LogP contribution in [0.3, 0.4) is 0 Å². The number of nitrogens with one attached hydrogen (secondary N) is 1. The lowest BCUT2D eigenvalue weighted by molar-refractivity contribution is -0.385. The lowest BCUT2D eigenvalue weighted by atomic mass is 10.1. The predicted molar refractivity (Wildman–Crippen MR) is 79.6 cm³/mol. The van der Waals surface area contributed by atoms with E-state index >= 15 is 0 Å². The van der Waals surface area contributed by atoms with Gasteiger partial charge in [-0.1, -0.05) is 30.3 Å². The Bertz CT molecular complexity index is 614. The third-order valence-corrected chi connectivity index (χ3v) is 3.38. The second-order valence-corrected chi connectivity index (χ2v) is 4.87. The molecule has 0 radical (unpaired) electrons. The van der Waals surface area contributed by atoms with Crippen LogP contribution in [0, 0.1) is 15.9 Å². The number of hydrogen-bond acceptors (Lipinski definition) is 3. The van der Waals surface area contributed by atoms with E-state index in [1.165, 1.54) is 18.2 Å². The Morgan fingerprint density at radius 2 is 1.86 bits per heavy atom. The highest BCUT2D eigenvalue weighted by Crippen LogP contribution is 2.24. The Morgan fingerprint density at radius 3 is 2.52 bits per heavy atom. The second-order valence-electron chi connectivity index (χ2n) is 4.87. The molecule has 0 saturated carbocycles. The van der Waals surface area contributed by atoms with Gasteiger partial charge in [0.2, 0.25) is 0 Å². The molecule has 0 aliphatic rings. The van der Waals surface area contributed by atoms with Crippen LogP contribution in [0.1, 0.15) is 24.1 Å². The van der Waals surface area contributed by atoms with Crippen molar-refractivity contribution < 1.29 is 9.31 Å². The molecule has 110 valence electrons. The average Bonchev–Trinajstić information content (AvgIpc) is 2.49. The van der Waals surface area contributed by atoms with E-state index in [0.29, 0.717) is 12.1 Å². The molecule has 5 heteroatoms. The van der Waals surface area contributed by atoms with Gasteiger partial charge in [0, 0.05) is 17.7 Å². The topological polar surface area (TPSA) is 55.2 Å². The fourth-order valence-electron chi connectivity index (χ4n) is 2.21. The number of nitro groups is 1. The van der Waals surface area contributed by atoms with Crippen LogP contribution in [0.25, 0.3) is 0 Å². The first-order valence-corrected chi connectivity index (χ1v) is 6.79. The zero-order valence-corrected chi connectivity index (χ0v) is 11.8. The number of hydrogen-bond donors (Lipinski definition) is 1. The second kappa shape index (κ2) is 6.95. The number of benzene rings is 2. The molecule has 0 aliphatic heterocycles. The molecule has 0 aliphatic carbocycles. The minimum atomic E-state index is -0.368. The number of halogens is 1. The largest absolute Gasteiger partial charge is 0.310 e. The van der Waals surface area contributed by atoms with Gasteiger partial charge in [0.15, 0.2) is 0 Å². The summed E-state index contributed by atoms with van der Waals surface area (Å²) >= 11 is 0. The summed E-state index contributed by atoms with van der Waals surface area (Å²) < 4.78 is 12.8. The molecule has 0 heterocycles. The van der Waals surface area contributed by atoms with Crippen molar-refractivity contribution in [1.29, 1.82) is 0 Å². The molecule has 2 rings (SSSR count). The minimum Gasteiger partial charge on any atom is -0.310 e. The van der Waals surface area contributed by atoms with Gasteiger partial charge in [-0.05, 0) is 37.6 Å². The Hall–Kier alpha value is -2.27. The summed E-state index contributed by atoms with van der Waals surface area (Å²) in [5, 5.41) is 14.3. The lowest BCUT2D eigenvalue weighted by Gasteiger charge is -2.14. The van der Waals surface area contributed by atoms with Gasteiger partial charge in [-0.15, -0.1) is 0 Å². The van der Waals surface area contributed by atoms with E-state index in [1.807, 2.05) is 6.92 Å². The Balaban J connectivity index is 1.94. The summed E-state index contributed by atoms with van der Waals surface area (Å²) in [6.07, 6.45) is 0.741. The average molecular weight is 288 g/mol. The molecule has 0 bridgehead atoms. The van der Waals surface area contributed by atoms with Gasteiger partial charge in [-0.25, -0.2) is 4.39 Å².